The maximum atomic E-state index is 11.8. The largest absolute Gasteiger partial charge is 0.422 e. The minimum atomic E-state index is -0.304. The smallest absolute Gasteiger partial charge is 0.336 e. The molecule has 1 aliphatic rings. The van der Waals surface area contributed by atoms with E-state index in [4.69, 9.17) is 4.42 Å². The van der Waals surface area contributed by atoms with E-state index in [-0.39, 0.29) is 5.63 Å². The maximum Gasteiger partial charge on any atom is 0.336 e. The maximum absolute atomic E-state index is 11.8. The fourth-order valence-electron chi connectivity index (χ4n) is 3.10. The first-order chi connectivity index (χ1) is 11.2. The van der Waals surface area contributed by atoms with Crippen LogP contribution < -0.4 is 5.63 Å². The summed E-state index contributed by atoms with van der Waals surface area (Å²) in [6.45, 7) is 1.96. The Labute approximate surface area is 134 Å². The minimum Gasteiger partial charge on any atom is -0.422 e. The SMILES string of the molecule is Cc1cc(=O)oc2c(-c3ccccc3)cc(C3=CC=CC3)cc12. The standard InChI is InChI=1S/C21H16O2/c1-14-11-20(22)23-21-18(14)12-17(15-7-5-6-8-15)13-19(21)16-9-3-2-4-10-16/h2-7,9-13H,8H2,1H3. The molecule has 0 atom stereocenters. The van der Waals surface area contributed by atoms with Crippen molar-refractivity contribution in [1.29, 1.82) is 0 Å². The molecule has 23 heavy (non-hydrogen) atoms. The summed E-state index contributed by atoms with van der Waals surface area (Å²) in [6.07, 6.45) is 7.32. The van der Waals surface area contributed by atoms with E-state index in [1.54, 1.807) is 6.07 Å². The zero-order chi connectivity index (χ0) is 15.8. The third-order valence-corrected chi connectivity index (χ3v) is 4.28. The molecule has 3 aromatic rings. The molecule has 0 fully saturated rings. The summed E-state index contributed by atoms with van der Waals surface area (Å²) in [6, 6.07) is 15.9. The third-order valence-electron chi connectivity index (χ3n) is 4.28. The number of aryl methyl sites for hydroxylation is 1. The second-order valence-corrected chi connectivity index (χ2v) is 5.84. The van der Waals surface area contributed by atoms with Crippen LogP contribution in [0.25, 0.3) is 27.7 Å². The minimum absolute atomic E-state index is 0.304. The van der Waals surface area contributed by atoms with Crippen molar-refractivity contribution in [3.8, 4) is 11.1 Å². The topological polar surface area (TPSA) is 30.2 Å². The van der Waals surface area contributed by atoms with Crippen LogP contribution in [-0.2, 0) is 0 Å². The van der Waals surface area contributed by atoms with Crippen LogP contribution in [0.4, 0.5) is 0 Å². The molecular weight excluding hydrogens is 284 g/mol. The number of allylic oxidation sites excluding steroid dienone is 4. The molecule has 1 heterocycles. The van der Waals surface area contributed by atoms with Crippen LogP contribution in [0.15, 0.2) is 76.0 Å². The van der Waals surface area contributed by atoms with Gasteiger partial charge in [-0.25, -0.2) is 4.79 Å². The number of benzene rings is 2. The molecule has 0 spiro atoms. The van der Waals surface area contributed by atoms with Crippen LogP contribution in [0.2, 0.25) is 0 Å². The lowest BCUT2D eigenvalue weighted by atomic mass is 9.94. The van der Waals surface area contributed by atoms with E-state index >= 15 is 0 Å². The summed E-state index contributed by atoms with van der Waals surface area (Å²) >= 11 is 0. The van der Waals surface area contributed by atoms with Crippen LogP contribution >= 0.6 is 0 Å². The Morgan fingerprint density at radius 2 is 1.83 bits per heavy atom. The van der Waals surface area contributed by atoms with Crippen molar-refractivity contribution in [3.63, 3.8) is 0 Å². The summed E-state index contributed by atoms with van der Waals surface area (Å²) in [7, 11) is 0. The summed E-state index contributed by atoms with van der Waals surface area (Å²) in [5.41, 5.74) is 5.79. The predicted molar refractivity (Wildman–Crippen MR) is 94.4 cm³/mol. The lowest BCUT2D eigenvalue weighted by molar-refractivity contribution is 0.561. The molecule has 2 aromatic carbocycles. The van der Waals surface area contributed by atoms with E-state index in [2.05, 4.69) is 30.4 Å². The van der Waals surface area contributed by atoms with Gasteiger partial charge in [0.2, 0.25) is 0 Å². The number of hydrogen-bond acceptors (Lipinski definition) is 2. The number of hydrogen-bond donors (Lipinski definition) is 0. The molecule has 0 N–H and O–H groups in total. The molecule has 1 aromatic heterocycles. The third kappa shape index (κ3) is 2.42. The molecule has 0 bridgehead atoms. The molecule has 4 rings (SSSR count). The van der Waals surface area contributed by atoms with Crippen LogP contribution in [0.5, 0.6) is 0 Å². The van der Waals surface area contributed by atoms with E-state index in [0.717, 1.165) is 28.5 Å². The first-order valence-electron chi connectivity index (χ1n) is 7.72. The van der Waals surface area contributed by atoms with Gasteiger partial charge in [0.15, 0.2) is 0 Å². The highest BCUT2D eigenvalue weighted by atomic mass is 16.4. The van der Waals surface area contributed by atoms with Crippen LogP contribution in [0.3, 0.4) is 0 Å². The first kappa shape index (κ1) is 13.8. The van der Waals surface area contributed by atoms with Crippen molar-refractivity contribution in [3.05, 3.63) is 88.3 Å². The number of fused-ring (bicyclic) bond motifs is 1. The van der Waals surface area contributed by atoms with Gasteiger partial charge >= 0.3 is 5.63 Å². The molecule has 2 nitrogen and oxygen atoms in total. The summed E-state index contributed by atoms with van der Waals surface area (Å²) in [5, 5.41) is 0.994. The van der Waals surface area contributed by atoms with E-state index in [0.29, 0.717) is 5.58 Å². The fourth-order valence-corrected chi connectivity index (χ4v) is 3.10. The summed E-state index contributed by atoms with van der Waals surface area (Å²) in [4.78, 5) is 11.8. The fraction of sp³-hybridized carbons (Fsp3) is 0.0952. The molecule has 1 aliphatic carbocycles. The summed E-state index contributed by atoms with van der Waals surface area (Å²) in [5.74, 6) is 0. The Morgan fingerprint density at radius 1 is 1.00 bits per heavy atom. The lowest BCUT2D eigenvalue weighted by Gasteiger charge is -2.11. The van der Waals surface area contributed by atoms with Gasteiger partial charge < -0.3 is 4.42 Å². The van der Waals surface area contributed by atoms with Crippen molar-refractivity contribution >= 4 is 16.5 Å². The highest BCUT2D eigenvalue weighted by Gasteiger charge is 2.14. The van der Waals surface area contributed by atoms with E-state index < -0.39 is 0 Å². The van der Waals surface area contributed by atoms with Gasteiger partial charge in [-0.1, -0.05) is 48.6 Å². The van der Waals surface area contributed by atoms with Crippen molar-refractivity contribution in [2.24, 2.45) is 0 Å². The molecule has 0 saturated carbocycles. The molecular formula is C21H16O2. The predicted octanol–water partition coefficient (Wildman–Crippen LogP) is 5.11. The Kier molecular flexibility index (Phi) is 3.23. The van der Waals surface area contributed by atoms with Crippen molar-refractivity contribution < 1.29 is 4.42 Å². The first-order valence-corrected chi connectivity index (χ1v) is 7.72. The van der Waals surface area contributed by atoms with Gasteiger partial charge in [0.25, 0.3) is 0 Å². The van der Waals surface area contributed by atoms with Crippen molar-refractivity contribution in [1.82, 2.24) is 0 Å². The highest BCUT2D eigenvalue weighted by molar-refractivity contribution is 5.97. The monoisotopic (exact) mass is 300 g/mol. The Bertz CT molecular complexity index is 1010. The molecule has 112 valence electrons. The van der Waals surface area contributed by atoms with E-state index in [1.807, 2.05) is 37.3 Å². The van der Waals surface area contributed by atoms with E-state index in [1.165, 1.54) is 11.1 Å². The summed E-state index contributed by atoms with van der Waals surface area (Å²) < 4.78 is 5.56. The van der Waals surface area contributed by atoms with Gasteiger partial charge in [0.05, 0.1) is 0 Å². The van der Waals surface area contributed by atoms with Gasteiger partial charge in [0, 0.05) is 17.0 Å². The van der Waals surface area contributed by atoms with Crippen LogP contribution in [-0.4, -0.2) is 0 Å². The molecule has 0 unspecified atom stereocenters. The zero-order valence-corrected chi connectivity index (χ0v) is 12.9. The van der Waals surface area contributed by atoms with Gasteiger partial charge in [-0.15, -0.1) is 0 Å². The lowest BCUT2D eigenvalue weighted by Crippen LogP contribution is -2.00. The van der Waals surface area contributed by atoms with Gasteiger partial charge in [0.1, 0.15) is 5.58 Å². The molecule has 0 radical (unpaired) electrons. The molecule has 0 amide bonds. The molecule has 2 heteroatoms. The van der Waals surface area contributed by atoms with Gasteiger partial charge in [-0.3, -0.25) is 0 Å². The van der Waals surface area contributed by atoms with Crippen LogP contribution in [0, 0.1) is 6.92 Å². The molecule has 0 saturated heterocycles. The normalized spacial score (nSPS) is 13.5. The van der Waals surface area contributed by atoms with Crippen LogP contribution in [0.1, 0.15) is 17.5 Å². The van der Waals surface area contributed by atoms with E-state index in [9.17, 15) is 4.79 Å². The van der Waals surface area contributed by atoms with Gasteiger partial charge in [-0.2, -0.15) is 0 Å². The highest BCUT2D eigenvalue weighted by Crippen LogP contribution is 2.34. The van der Waals surface area contributed by atoms with Gasteiger partial charge in [-0.05, 0) is 47.7 Å². The Balaban J connectivity index is 2.07. The van der Waals surface area contributed by atoms with Crippen molar-refractivity contribution in [2.75, 3.05) is 0 Å². The number of rotatable bonds is 2. The quantitative estimate of drug-likeness (QED) is 0.615. The average Bonchev–Trinajstić information content (AvgIpc) is 3.09. The Morgan fingerprint density at radius 3 is 2.57 bits per heavy atom. The second kappa shape index (κ2) is 5.40. The van der Waals surface area contributed by atoms with Crippen molar-refractivity contribution in [2.45, 2.75) is 13.3 Å². The second-order valence-electron chi connectivity index (χ2n) is 5.84. The average molecular weight is 300 g/mol. The zero-order valence-electron chi connectivity index (χ0n) is 12.9. The Hall–Kier alpha value is -2.87. The molecule has 0 aliphatic heterocycles.